The minimum absolute atomic E-state index is 0.878. The second-order valence-corrected chi connectivity index (χ2v) is 5.35. The number of quaternary nitrogens is 1. The average molecular weight is 224 g/mol. The Morgan fingerprint density at radius 2 is 1.59 bits per heavy atom. The summed E-state index contributed by atoms with van der Waals surface area (Å²) in [6, 6.07) is 13.2. The molecule has 0 unspecified atom stereocenters. The summed E-state index contributed by atoms with van der Waals surface area (Å²) in [4.78, 5) is 0. The van der Waals surface area contributed by atoms with Crippen molar-refractivity contribution in [3.8, 4) is 0 Å². The molecule has 2 aromatic carbocycles. The van der Waals surface area contributed by atoms with Crippen LogP contribution in [0.1, 0.15) is 19.4 Å². The molecule has 0 bridgehead atoms. The van der Waals surface area contributed by atoms with Crippen LogP contribution in [0.25, 0.3) is 16.3 Å². The Kier molecular flexibility index (Phi) is 1.99. The third-order valence-electron chi connectivity index (χ3n) is 4.24. The fourth-order valence-electron chi connectivity index (χ4n) is 2.94. The molecule has 1 heteroatoms. The van der Waals surface area contributed by atoms with Crippen molar-refractivity contribution in [2.75, 3.05) is 14.1 Å². The van der Waals surface area contributed by atoms with Gasteiger partial charge in [-0.2, -0.15) is 0 Å². The molecule has 0 N–H and O–H groups in total. The summed E-state index contributed by atoms with van der Waals surface area (Å²) >= 11 is 0. The first-order chi connectivity index (χ1) is 8.03. The van der Waals surface area contributed by atoms with E-state index in [1.54, 1.807) is 0 Å². The highest BCUT2D eigenvalue weighted by atomic mass is 15.3. The summed E-state index contributed by atoms with van der Waals surface area (Å²) in [6.45, 7) is 4.47. The lowest BCUT2D eigenvalue weighted by Gasteiger charge is -2.27. The fourth-order valence-corrected chi connectivity index (χ4v) is 2.94. The molecule has 0 atom stereocenters. The van der Waals surface area contributed by atoms with Gasteiger partial charge in [0.25, 0.3) is 0 Å². The van der Waals surface area contributed by atoms with E-state index in [4.69, 9.17) is 0 Å². The number of allylic oxidation sites excluding steroid dienone is 2. The van der Waals surface area contributed by atoms with E-state index in [1.807, 2.05) is 0 Å². The molecule has 2 aromatic rings. The highest BCUT2D eigenvalue weighted by Crippen LogP contribution is 2.46. The van der Waals surface area contributed by atoms with Gasteiger partial charge in [-0.3, -0.25) is 4.48 Å². The Morgan fingerprint density at radius 1 is 0.882 bits per heavy atom. The topological polar surface area (TPSA) is 0 Å². The van der Waals surface area contributed by atoms with Gasteiger partial charge in [0, 0.05) is 23.4 Å². The minimum atomic E-state index is 0.878. The maximum Gasteiger partial charge on any atom is 0.152 e. The molecule has 0 aromatic heterocycles. The van der Waals surface area contributed by atoms with Crippen LogP contribution in [0.2, 0.25) is 0 Å². The highest BCUT2D eigenvalue weighted by molar-refractivity contribution is 6.02. The number of benzene rings is 2. The number of hydrogen-bond acceptors (Lipinski definition) is 0. The Hall–Kier alpha value is -1.60. The molecule has 0 amide bonds. The molecule has 0 aliphatic carbocycles. The van der Waals surface area contributed by atoms with Gasteiger partial charge in [-0.1, -0.05) is 24.3 Å². The van der Waals surface area contributed by atoms with Crippen LogP contribution in [0.3, 0.4) is 0 Å². The van der Waals surface area contributed by atoms with Crippen LogP contribution >= 0.6 is 0 Å². The Labute approximate surface area is 103 Å². The second kappa shape index (κ2) is 3.21. The first-order valence-corrected chi connectivity index (χ1v) is 6.08. The summed E-state index contributed by atoms with van der Waals surface area (Å²) < 4.78 is 0.878. The van der Waals surface area contributed by atoms with E-state index in [1.165, 1.54) is 33.3 Å². The molecule has 0 saturated heterocycles. The molecular formula is C16H18N+. The van der Waals surface area contributed by atoms with Crippen LogP contribution in [-0.4, -0.2) is 14.1 Å². The largest absolute Gasteiger partial charge is 0.266 e. The maximum absolute atomic E-state index is 2.27. The average Bonchev–Trinajstić information content (AvgIpc) is 2.51. The molecule has 86 valence electrons. The molecule has 17 heavy (non-hydrogen) atoms. The zero-order chi connectivity index (χ0) is 12.2. The van der Waals surface area contributed by atoms with Crippen LogP contribution in [0.15, 0.2) is 42.1 Å². The van der Waals surface area contributed by atoms with E-state index in [0.717, 1.165) is 4.48 Å². The van der Waals surface area contributed by atoms with Gasteiger partial charge in [0.1, 0.15) is 5.70 Å². The molecule has 0 saturated carbocycles. The summed E-state index contributed by atoms with van der Waals surface area (Å²) in [6.07, 6.45) is 0. The summed E-state index contributed by atoms with van der Waals surface area (Å²) in [5.41, 5.74) is 5.72. The monoisotopic (exact) mass is 224 g/mol. The molecular weight excluding hydrogens is 206 g/mol. The van der Waals surface area contributed by atoms with Gasteiger partial charge >= 0.3 is 0 Å². The SMILES string of the molecule is CC1=C(C)[N+](C)(C)c2c1ccc1ccccc21. The van der Waals surface area contributed by atoms with E-state index < -0.39 is 0 Å². The van der Waals surface area contributed by atoms with Crippen molar-refractivity contribution in [2.24, 2.45) is 0 Å². The quantitative estimate of drug-likeness (QED) is 0.589. The van der Waals surface area contributed by atoms with E-state index >= 15 is 0 Å². The zero-order valence-corrected chi connectivity index (χ0v) is 10.9. The predicted octanol–water partition coefficient (Wildman–Crippen LogP) is 4.17. The Balaban J connectivity index is 2.47. The molecule has 0 fully saturated rings. The van der Waals surface area contributed by atoms with Gasteiger partial charge in [-0.25, -0.2) is 0 Å². The van der Waals surface area contributed by atoms with Crippen molar-refractivity contribution in [1.82, 2.24) is 4.48 Å². The Bertz CT molecular complexity index is 648. The van der Waals surface area contributed by atoms with Crippen molar-refractivity contribution in [3.63, 3.8) is 0 Å². The van der Waals surface area contributed by atoms with Gasteiger partial charge in [0.15, 0.2) is 5.69 Å². The van der Waals surface area contributed by atoms with E-state index in [2.05, 4.69) is 64.3 Å². The maximum atomic E-state index is 2.27. The normalized spacial score (nSPS) is 17.6. The number of hydrogen-bond donors (Lipinski definition) is 0. The van der Waals surface area contributed by atoms with Crippen molar-refractivity contribution < 1.29 is 0 Å². The van der Waals surface area contributed by atoms with Crippen LogP contribution in [0.5, 0.6) is 0 Å². The lowest BCUT2D eigenvalue weighted by atomic mass is 10.0. The van der Waals surface area contributed by atoms with E-state index in [-0.39, 0.29) is 0 Å². The van der Waals surface area contributed by atoms with Gasteiger partial charge in [-0.15, -0.1) is 0 Å². The van der Waals surface area contributed by atoms with E-state index in [0.29, 0.717) is 0 Å². The third-order valence-corrected chi connectivity index (χ3v) is 4.24. The predicted molar refractivity (Wildman–Crippen MR) is 75.9 cm³/mol. The summed E-state index contributed by atoms with van der Waals surface area (Å²) in [5.74, 6) is 0. The van der Waals surface area contributed by atoms with Crippen LogP contribution in [-0.2, 0) is 0 Å². The first-order valence-electron chi connectivity index (χ1n) is 6.08. The molecule has 0 radical (unpaired) electrons. The van der Waals surface area contributed by atoms with Crippen molar-refractivity contribution in [1.29, 1.82) is 0 Å². The molecule has 1 heterocycles. The standard InChI is InChI=1S/C16H18N/c1-11-12(2)17(3,4)16-14(11)10-9-13-7-5-6-8-15(13)16/h5-10H,1-4H3/q+1. The van der Waals surface area contributed by atoms with Gasteiger partial charge in [0.05, 0.1) is 14.1 Å². The van der Waals surface area contributed by atoms with Gasteiger partial charge in [-0.05, 0) is 24.4 Å². The molecule has 1 aliphatic heterocycles. The number of nitrogens with zero attached hydrogens (tertiary/aromatic N) is 1. The van der Waals surface area contributed by atoms with Crippen LogP contribution < -0.4 is 4.48 Å². The molecule has 3 rings (SSSR count). The second-order valence-electron chi connectivity index (χ2n) is 5.35. The smallest absolute Gasteiger partial charge is 0.152 e. The zero-order valence-electron chi connectivity index (χ0n) is 10.9. The molecule has 0 spiro atoms. The molecule has 1 nitrogen and oxygen atoms in total. The third kappa shape index (κ3) is 1.23. The van der Waals surface area contributed by atoms with Crippen molar-refractivity contribution >= 4 is 22.0 Å². The number of fused-ring (bicyclic) bond motifs is 3. The summed E-state index contributed by atoms with van der Waals surface area (Å²) in [5, 5.41) is 2.71. The van der Waals surface area contributed by atoms with Crippen molar-refractivity contribution in [2.45, 2.75) is 13.8 Å². The van der Waals surface area contributed by atoms with Crippen LogP contribution in [0.4, 0.5) is 5.69 Å². The van der Waals surface area contributed by atoms with Crippen molar-refractivity contribution in [3.05, 3.63) is 47.7 Å². The highest BCUT2D eigenvalue weighted by Gasteiger charge is 2.36. The minimum Gasteiger partial charge on any atom is -0.266 e. The summed E-state index contributed by atoms with van der Waals surface area (Å²) in [7, 11) is 4.55. The lowest BCUT2D eigenvalue weighted by molar-refractivity contribution is 0.510. The number of rotatable bonds is 0. The fraction of sp³-hybridized carbons (Fsp3) is 0.250. The first kappa shape index (κ1) is 10.5. The van der Waals surface area contributed by atoms with Gasteiger partial charge in [0.2, 0.25) is 0 Å². The molecule has 1 aliphatic rings. The van der Waals surface area contributed by atoms with Crippen LogP contribution in [0, 0.1) is 0 Å². The van der Waals surface area contributed by atoms with E-state index in [9.17, 15) is 0 Å². The lowest BCUT2D eigenvalue weighted by Crippen LogP contribution is -2.36. The Morgan fingerprint density at radius 3 is 2.35 bits per heavy atom. The van der Waals surface area contributed by atoms with Gasteiger partial charge < -0.3 is 0 Å².